The molecule has 7 nitrogen and oxygen atoms in total. The maximum Gasteiger partial charge on any atom is 0.228 e. The van der Waals surface area contributed by atoms with E-state index in [4.69, 9.17) is 9.97 Å². The lowest BCUT2D eigenvalue weighted by molar-refractivity contribution is -0.119. The lowest BCUT2D eigenvalue weighted by atomic mass is 9.99. The Labute approximate surface area is 190 Å². The van der Waals surface area contributed by atoms with Crippen LogP contribution >= 0.6 is 0 Å². The minimum atomic E-state index is 0.164. The number of rotatable bonds is 6. The number of aryl methyl sites for hydroxylation is 1. The third-order valence-corrected chi connectivity index (χ3v) is 7.03. The van der Waals surface area contributed by atoms with E-state index in [1.807, 2.05) is 17.3 Å². The molecule has 1 aliphatic carbocycles. The summed E-state index contributed by atoms with van der Waals surface area (Å²) in [6.45, 7) is 8.94. The van der Waals surface area contributed by atoms with Gasteiger partial charge >= 0.3 is 0 Å². The van der Waals surface area contributed by atoms with Crippen LogP contribution in [0.25, 0.3) is 0 Å². The van der Waals surface area contributed by atoms with Crippen molar-refractivity contribution in [2.75, 3.05) is 18.0 Å². The lowest BCUT2D eigenvalue weighted by Gasteiger charge is -2.36. The molecule has 0 unspecified atom stereocenters. The van der Waals surface area contributed by atoms with Crippen molar-refractivity contribution < 1.29 is 4.79 Å². The molecule has 2 fully saturated rings. The molecule has 32 heavy (non-hydrogen) atoms. The van der Waals surface area contributed by atoms with Crippen molar-refractivity contribution in [3.63, 3.8) is 0 Å². The second kappa shape index (κ2) is 8.85. The van der Waals surface area contributed by atoms with Crippen LogP contribution in [0.15, 0.2) is 12.4 Å². The van der Waals surface area contributed by atoms with Gasteiger partial charge in [0.15, 0.2) is 0 Å². The summed E-state index contributed by atoms with van der Waals surface area (Å²) in [4.78, 5) is 36.3. The van der Waals surface area contributed by atoms with Gasteiger partial charge in [-0.3, -0.25) is 14.6 Å². The molecule has 1 saturated carbocycles. The summed E-state index contributed by atoms with van der Waals surface area (Å²) in [5, 5.41) is 0. The van der Waals surface area contributed by atoms with Crippen LogP contribution in [-0.4, -0.2) is 43.8 Å². The molecule has 3 aliphatic rings. The number of likely N-dealkylation sites (tertiary alicyclic amines) is 1. The summed E-state index contributed by atoms with van der Waals surface area (Å²) in [7, 11) is 0. The maximum absolute atomic E-state index is 12.7. The first-order valence-electron chi connectivity index (χ1n) is 12.2. The Morgan fingerprint density at radius 3 is 2.56 bits per heavy atom. The van der Waals surface area contributed by atoms with Gasteiger partial charge in [-0.25, -0.2) is 19.9 Å². The van der Waals surface area contributed by atoms with E-state index in [1.165, 1.54) is 25.7 Å². The predicted octanol–water partition coefficient (Wildman–Crippen LogP) is 4.11. The highest BCUT2D eigenvalue weighted by atomic mass is 16.2. The number of nitrogens with zero attached hydrogens (tertiary/aromatic N) is 6. The number of amides is 1. The molecule has 2 aromatic rings. The van der Waals surface area contributed by atoms with Crippen LogP contribution in [0.4, 0.5) is 5.82 Å². The van der Waals surface area contributed by atoms with Crippen molar-refractivity contribution >= 4 is 11.7 Å². The first-order valence-corrected chi connectivity index (χ1v) is 12.2. The summed E-state index contributed by atoms with van der Waals surface area (Å²) >= 11 is 0. The van der Waals surface area contributed by atoms with Crippen LogP contribution in [0, 0.1) is 12.8 Å². The van der Waals surface area contributed by atoms with Crippen molar-refractivity contribution in [1.29, 1.82) is 0 Å². The summed E-state index contributed by atoms with van der Waals surface area (Å²) in [5.74, 6) is 3.83. The minimum absolute atomic E-state index is 0.164. The van der Waals surface area contributed by atoms with Gasteiger partial charge in [0.05, 0.1) is 6.04 Å². The van der Waals surface area contributed by atoms with E-state index in [1.54, 1.807) is 0 Å². The SMILES string of the molecule is Cc1nc([C@H]2CCCCN2Cc2cnc(C(C)C)nc2)nc2c1CCC(=O)N2CC1CC1. The highest BCUT2D eigenvalue weighted by Crippen LogP contribution is 2.37. The summed E-state index contributed by atoms with van der Waals surface area (Å²) in [6.07, 6.45) is 11.1. The topological polar surface area (TPSA) is 75.1 Å². The second-order valence-electron chi connectivity index (χ2n) is 10.0. The predicted molar refractivity (Wildman–Crippen MR) is 123 cm³/mol. The minimum Gasteiger partial charge on any atom is -0.296 e. The number of carbonyl (C=O) groups excluding carboxylic acids is 1. The molecule has 1 saturated heterocycles. The van der Waals surface area contributed by atoms with Crippen LogP contribution in [0.2, 0.25) is 0 Å². The van der Waals surface area contributed by atoms with E-state index >= 15 is 0 Å². The Balaban J connectivity index is 1.42. The molecule has 1 atom stereocenters. The average Bonchev–Trinajstić information content (AvgIpc) is 3.61. The van der Waals surface area contributed by atoms with Gasteiger partial charge in [0, 0.05) is 54.6 Å². The summed E-state index contributed by atoms with van der Waals surface area (Å²) in [5.41, 5.74) is 3.32. The van der Waals surface area contributed by atoms with E-state index in [-0.39, 0.29) is 11.9 Å². The van der Waals surface area contributed by atoms with Crippen LogP contribution in [-0.2, 0) is 17.8 Å². The molecule has 0 bridgehead atoms. The molecule has 0 N–H and O–H groups in total. The van der Waals surface area contributed by atoms with E-state index < -0.39 is 0 Å². The molecule has 2 aromatic heterocycles. The largest absolute Gasteiger partial charge is 0.296 e. The second-order valence-corrected chi connectivity index (χ2v) is 10.0. The number of piperidine rings is 1. The third-order valence-electron chi connectivity index (χ3n) is 7.03. The number of hydrogen-bond donors (Lipinski definition) is 0. The van der Waals surface area contributed by atoms with Crippen molar-refractivity contribution in [3.8, 4) is 0 Å². The molecule has 0 radical (unpaired) electrons. The Morgan fingerprint density at radius 2 is 1.84 bits per heavy atom. The Morgan fingerprint density at radius 1 is 1.06 bits per heavy atom. The van der Waals surface area contributed by atoms with Crippen LogP contribution in [0.3, 0.4) is 0 Å². The molecule has 0 aromatic carbocycles. The maximum atomic E-state index is 12.7. The monoisotopic (exact) mass is 434 g/mol. The van der Waals surface area contributed by atoms with Gasteiger partial charge in [0.1, 0.15) is 17.5 Å². The van der Waals surface area contributed by atoms with Gasteiger partial charge < -0.3 is 0 Å². The normalized spacial score (nSPS) is 21.8. The van der Waals surface area contributed by atoms with Crippen molar-refractivity contribution in [2.45, 2.75) is 84.2 Å². The lowest BCUT2D eigenvalue weighted by Crippen LogP contribution is -2.39. The van der Waals surface area contributed by atoms with Crippen LogP contribution in [0.1, 0.15) is 92.8 Å². The molecular formula is C25H34N6O. The quantitative estimate of drug-likeness (QED) is 0.681. The fraction of sp³-hybridized carbons (Fsp3) is 0.640. The summed E-state index contributed by atoms with van der Waals surface area (Å²) < 4.78 is 0. The number of anilines is 1. The molecule has 2 aliphatic heterocycles. The number of hydrogen-bond acceptors (Lipinski definition) is 6. The zero-order chi connectivity index (χ0) is 22.2. The first-order chi connectivity index (χ1) is 15.5. The zero-order valence-corrected chi connectivity index (χ0v) is 19.5. The Kier molecular flexibility index (Phi) is 5.93. The molecular weight excluding hydrogens is 400 g/mol. The smallest absolute Gasteiger partial charge is 0.228 e. The fourth-order valence-electron chi connectivity index (χ4n) is 4.95. The van der Waals surface area contributed by atoms with Gasteiger partial charge in [-0.05, 0) is 51.5 Å². The van der Waals surface area contributed by atoms with Crippen molar-refractivity contribution in [2.24, 2.45) is 5.92 Å². The Bertz CT molecular complexity index is 985. The van der Waals surface area contributed by atoms with Crippen LogP contribution < -0.4 is 4.90 Å². The number of carbonyl (C=O) groups is 1. The average molecular weight is 435 g/mol. The highest BCUT2D eigenvalue weighted by molar-refractivity contribution is 5.95. The molecule has 5 rings (SSSR count). The van der Waals surface area contributed by atoms with Crippen molar-refractivity contribution in [1.82, 2.24) is 24.8 Å². The van der Waals surface area contributed by atoms with Gasteiger partial charge in [-0.15, -0.1) is 0 Å². The first kappa shape index (κ1) is 21.4. The van der Waals surface area contributed by atoms with Gasteiger partial charge in [0.2, 0.25) is 5.91 Å². The molecule has 7 heteroatoms. The zero-order valence-electron chi connectivity index (χ0n) is 19.5. The Hall–Kier alpha value is -2.41. The van der Waals surface area contributed by atoms with Crippen molar-refractivity contribution in [3.05, 3.63) is 40.9 Å². The highest BCUT2D eigenvalue weighted by Gasteiger charge is 2.35. The number of fused-ring (bicyclic) bond motifs is 1. The number of aromatic nitrogens is 4. The molecule has 170 valence electrons. The van der Waals surface area contributed by atoms with E-state index in [2.05, 4.69) is 35.6 Å². The summed E-state index contributed by atoms with van der Waals surface area (Å²) in [6, 6.07) is 0.164. The van der Waals surface area contributed by atoms with E-state index in [0.717, 1.165) is 66.8 Å². The van der Waals surface area contributed by atoms with Crippen LogP contribution in [0.5, 0.6) is 0 Å². The van der Waals surface area contributed by atoms with Gasteiger partial charge in [-0.2, -0.15) is 0 Å². The van der Waals surface area contributed by atoms with Gasteiger partial charge in [-0.1, -0.05) is 20.3 Å². The van der Waals surface area contributed by atoms with E-state index in [9.17, 15) is 4.79 Å². The molecule has 0 spiro atoms. The van der Waals surface area contributed by atoms with E-state index in [0.29, 0.717) is 18.3 Å². The third kappa shape index (κ3) is 4.40. The van der Waals surface area contributed by atoms with Gasteiger partial charge in [0.25, 0.3) is 0 Å². The fourth-order valence-corrected chi connectivity index (χ4v) is 4.95. The molecule has 4 heterocycles. The standard InChI is InChI=1S/C25H34N6O/c1-16(2)23-26-12-19(13-27-23)14-30-11-5-4-6-21(30)24-28-17(3)20-9-10-22(32)31(25(20)29-24)15-18-7-8-18/h12-13,16,18,21H,4-11,14-15H2,1-3H3/t21-/m1/s1. The molecule has 1 amide bonds.